The van der Waals surface area contributed by atoms with Crippen molar-refractivity contribution < 1.29 is 9.84 Å². The molecule has 0 radical (unpaired) electrons. The van der Waals surface area contributed by atoms with Crippen LogP contribution in [0.1, 0.15) is 49.3 Å². The summed E-state index contributed by atoms with van der Waals surface area (Å²) in [6.45, 7) is 4.92. The molecule has 3 rings (SSSR count). The van der Waals surface area contributed by atoms with Crippen LogP contribution in [-0.2, 0) is 24.1 Å². The molecule has 0 aromatic heterocycles. The molecule has 1 saturated heterocycles. The number of aryl methyl sites for hydroxylation is 2. The van der Waals surface area contributed by atoms with Crippen molar-refractivity contribution in [2.24, 2.45) is 5.92 Å². The molecule has 1 fully saturated rings. The maximum absolute atomic E-state index is 10.7. The highest BCUT2D eigenvalue weighted by molar-refractivity contribution is 5.33. The van der Waals surface area contributed by atoms with Gasteiger partial charge in [0, 0.05) is 25.6 Å². The Labute approximate surface area is 134 Å². The van der Waals surface area contributed by atoms with E-state index in [1.165, 1.54) is 42.4 Å². The maximum Gasteiger partial charge on any atom is 0.0793 e. The Balaban J connectivity index is 1.51. The van der Waals surface area contributed by atoms with Gasteiger partial charge < -0.3 is 15.2 Å². The van der Waals surface area contributed by atoms with Crippen LogP contribution in [0.2, 0.25) is 0 Å². The van der Waals surface area contributed by atoms with Crippen LogP contribution in [0.5, 0.6) is 0 Å². The van der Waals surface area contributed by atoms with Gasteiger partial charge in [0.15, 0.2) is 0 Å². The summed E-state index contributed by atoms with van der Waals surface area (Å²) in [7, 11) is 0. The zero-order chi connectivity index (χ0) is 15.4. The summed E-state index contributed by atoms with van der Waals surface area (Å²) in [5, 5.41) is 14.1. The highest BCUT2D eigenvalue weighted by atomic mass is 16.5. The first-order chi connectivity index (χ1) is 10.6. The molecule has 1 heterocycles. The monoisotopic (exact) mass is 303 g/mol. The smallest absolute Gasteiger partial charge is 0.0793 e. The molecule has 0 spiro atoms. The van der Waals surface area contributed by atoms with Gasteiger partial charge in [-0.2, -0.15) is 0 Å². The van der Waals surface area contributed by atoms with E-state index in [2.05, 4.69) is 23.5 Å². The Kier molecular flexibility index (Phi) is 5.17. The SMILES string of the molecule is CC(O)(CNCc1ccc2c(c1)CCCC2)C1CCCOC1. The lowest BCUT2D eigenvalue weighted by Crippen LogP contribution is -2.47. The van der Waals surface area contributed by atoms with Crippen LogP contribution in [0.25, 0.3) is 0 Å². The molecule has 1 aromatic rings. The summed E-state index contributed by atoms with van der Waals surface area (Å²) in [6.07, 6.45) is 7.23. The molecule has 3 nitrogen and oxygen atoms in total. The van der Waals surface area contributed by atoms with Crippen LogP contribution in [0.15, 0.2) is 18.2 Å². The molecule has 0 saturated carbocycles. The standard InChI is InChI=1S/C19H29NO2/c1-19(21,18-7-4-10-22-13-18)14-20-12-15-8-9-16-5-2-3-6-17(16)11-15/h8-9,11,18,20-21H,2-7,10,12-14H2,1H3. The van der Waals surface area contributed by atoms with Gasteiger partial charge in [-0.15, -0.1) is 0 Å². The van der Waals surface area contributed by atoms with Gasteiger partial charge in [0.25, 0.3) is 0 Å². The Morgan fingerprint density at radius 3 is 2.82 bits per heavy atom. The van der Waals surface area contributed by atoms with Crippen molar-refractivity contribution in [3.8, 4) is 0 Å². The molecule has 2 N–H and O–H groups in total. The van der Waals surface area contributed by atoms with E-state index >= 15 is 0 Å². The Bertz CT molecular complexity index is 492. The third-order valence-corrected chi connectivity index (χ3v) is 5.26. The number of hydrogen-bond donors (Lipinski definition) is 2. The molecule has 1 aromatic carbocycles. The first-order valence-electron chi connectivity index (χ1n) is 8.77. The highest BCUT2D eigenvalue weighted by Gasteiger charge is 2.32. The van der Waals surface area contributed by atoms with E-state index in [1.807, 2.05) is 6.92 Å². The quantitative estimate of drug-likeness (QED) is 0.879. The van der Waals surface area contributed by atoms with E-state index < -0.39 is 5.60 Å². The number of rotatable bonds is 5. The van der Waals surface area contributed by atoms with E-state index in [0.29, 0.717) is 13.2 Å². The molecule has 2 unspecified atom stereocenters. The van der Waals surface area contributed by atoms with Gasteiger partial charge in [0.2, 0.25) is 0 Å². The second-order valence-electron chi connectivity index (χ2n) is 7.18. The largest absolute Gasteiger partial charge is 0.388 e. The van der Waals surface area contributed by atoms with E-state index in [-0.39, 0.29) is 5.92 Å². The number of hydrogen-bond acceptors (Lipinski definition) is 3. The number of fused-ring (bicyclic) bond motifs is 1. The van der Waals surface area contributed by atoms with Crippen molar-refractivity contribution in [1.29, 1.82) is 0 Å². The van der Waals surface area contributed by atoms with Gasteiger partial charge in [-0.25, -0.2) is 0 Å². The summed E-state index contributed by atoms with van der Waals surface area (Å²) in [4.78, 5) is 0. The van der Waals surface area contributed by atoms with Crippen molar-refractivity contribution in [3.63, 3.8) is 0 Å². The lowest BCUT2D eigenvalue weighted by atomic mass is 9.85. The summed E-state index contributed by atoms with van der Waals surface area (Å²) < 4.78 is 5.51. The van der Waals surface area contributed by atoms with Gasteiger partial charge >= 0.3 is 0 Å². The van der Waals surface area contributed by atoms with Crippen LogP contribution >= 0.6 is 0 Å². The molecule has 0 bridgehead atoms. The summed E-state index contributed by atoms with van der Waals surface area (Å²) in [6, 6.07) is 6.87. The normalized spacial score (nSPS) is 24.5. The predicted octanol–water partition coefficient (Wildman–Crippen LogP) is 2.83. The minimum absolute atomic E-state index is 0.247. The van der Waals surface area contributed by atoms with Crippen molar-refractivity contribution in [2.45, 2.75) is 57.6 Å². The van der Waals surface area contributed by atoms with Gasteiger partial charge in [0.1, 0.15) is 0 Å². The third-order valence-electron chi connectivity index (χ3n) is 5.26. The van der Waals surface area contributed by atoms with Crippen molar-refractivity contribution >= 4 is 0 Å². The van der Waals surface area contributed by atoms with E-state index in [0.717, 1.165) is 26.0 Å². The lowest BCUT2D eigenvalue weighted by Gasteiger charge is -2.35. The number of aliphatic hydroxyl groups is 1. The minimum atomic E-state index is -0.686. The fourth-order valence-electron chi connectivity index (χ4n) is 3.73. The molecule has 2 aliphatic rings. The Morgan fingerprint density at radius 1 is 1.23 bits per heavy atom. The molecular weight excluding hydrogens is 274 g/mol. The van der Waals surface area contributed by atoms with E-state index in [4.69, 9.17) is 4.74 Å². The van der Waals surface area contributed by atoms with Crippen LogP contribution in [0.4, 0.5) is 0 Å². The molecule has 3 heteroatoms. The molecule has 1 aliphatic carbocycles. The van der Waals surface area contributed by atoms with Gasteiger partial charge in [0.05, 0.1) is 12.2 Å². The van der Waals surface area contributed by atoms with E-state index in [1.54, 1.807) is 0 Å². The second-order valence-corrected chi connectivity index (χ2v) is 7.18. The van der Waals surface area contributed by atoms with Crippen LogP contribution in [-0.4, -0.2) is 30.5 Å². The maximum atomic E-state index is 10.7. The summed E-state index contributed by atoms with van der Waals surface area (Å²) in [5.74, 6) is 0.247. The molecule has 2 atom stereocenters. The fraction of sp³-hybridized carbons (Fsp3) is 0.684. The predicted molar refractivity (Wildman–Crippen MR) is 89.0 cm³/mol. The van der Waals surface area contributed by atoms with Gasteiger partial charge in [-0.05, 0) is 62.1 Å². The Hall–Kier alpha value is -0.900. The fourth-order valence-corrected chi connectivity index (χ4v) is 3.73. The van der Waals surface area contributed by atoms with Gasteiger partial charge in [-0.1, -0.05) is 18.2 Å². The Morgan fingerprint density at radius 2 is 2.05 bits per heavy atom. The second kappa shape index (κ2) is 7.12. The highest BCUT2D eigenvalue weighted by Crippen LogP contribution is 2.26. The zero-order valence-corrected chi connectivity index (χ0v) is 13.7. The number of nitrogens with one attached hydrogen (secondary N) is 1. The first kappa shape index (κ1) is 16.0. The lowest BCUT2D eigenvalue weighted by molar-refractivity contribution is -0.0664. The van der Waals surface area contributed by atoms with Gasteiger partial charge in [-0.3, -0.25) is 0 Å². The molecular formula is C19H29NO2. The van der Waals surface area contributed by atoms with Crippen LogP contribution in [0, 0.1) is 5.92 Å². The third kappa shape index (κ3) is 3.89. The van der Waals surface area contributed by atoms with E-state index in [9.17, 15) is 5.11 Å². The first-order valence-corrected chi connectivity index (χ1v) is 8.77. The number of ether oxygens (including phenoxy) is 1. The van der Waals surface area contributed by atoms with Crippen LogP contribution < -0.4 is 5.32 Å². The van der Waals surface area contributed by atoms with Crippen molar-refractivity contribution in [1.82, 2.24) is 5.32 Å². The average molecular weight is 303 g/mol. The molecule has 0 amide bonds. The van der Waals surface area contributed by atoms with Crippen LogP contribution in [0.3, 0.4) is 0 Å². The molecule has 122 valence electrons. The average Bonchev–Trinajstić information content (AvgIpc) is 2.55. The zero-order valence-electron chi connectivity index (χ0n) is 13.7. The van der Waals surface area contributed by atoms with Crippen molar-refractivity contribution in [2.75, 3.05) is 19.8 Å². The van der Waals surface area contributed by atoms with Crippen molar-refractivity contribution in [3.05, 3.63) is 34.9 Å². The molecule has 22 heavy (non-hydrogen) atoms. The number of benzene rings is 1. The summed E-state index contributed by atoms with van der Waals surface area (Å²) >= 11 is 0. The summed E-state index contributed by atoms with van der Waals surface area (Å²) in [5.41, 5.74) is 3.70. The molecule has 1 aliphatic heterocycles. The minimum Gasteiger partial charge on any atom is -0.388 e. The topological polar surface area (TPSA) is 41.5 Å².